The zero-order valence-corrected chi connectivity index (χ0v) is 10.2. The van der Waals surface area contributed by atoms with Gasteiger partial charge in [-0.3, -0.25) is 4.79 Å². The Bertz CT molecular complexity index is 578. The van der Waals surface area contributed by atoms with Crippen LogP contribution in [0.2, 0.25) is 0 Å². The highest BCUT2D eigenvalue weighted by Gasteiger charge is 2.22. The summed E-state index contributed by atoms with van der Waals surface area (Å²) in [7, 11) is 0. The van der Waals surface area contributed by atoms with E-state index in [1.165, 1.54) is 0 Å². The Morgan fingerprint density at radius 2 is 2.50 bits per heavy atom. The van der Waals surface area contributed by atoms with Gasteiger partial charge >= 0.3 is 0 Å². The maximum Gasteiger partial charge on any atom is 0.255 e. The zero-order valence-electron chi connectivity index (χ0n) is 10.2. The van der Waals surface area contributed by atoms with E-state index < -0.39 is 0 Å². The molecule has 0 radical (unpaired) electrons. The number of rotatable bonds is 1. The Morgan fingerprint density at radius 3 is 3.33 bits per heavy atom. The molecule has 3 heterocycles. The fraction of sp³-hybridized carbons (Fsp3) is 0.385. The molecule has 1 atom stereocenters. The molecule has 0 bridgehead atoms. The molecule has 2 aromatic heterocycles. The van der Waals surface area contributed by atoms with E-state index in [4.69, 9.17) is 4.74 Å². The van der Waals surface area contributed by atoms with Crippen LogP contribution in [-0.2, 0) is 4.74 Å². The van der Waals surface area contributed by atoms with Crippen LogP contribution in [0.3, 0.4) is 0 Å². The third-order valence-corrected chi connectivity index (χ3v) is 3.18. The molecule has 1 N–H and O–H groups in total. The van der Waals surface area contributed by atoms with Gasteiger partial charge in [-0.2, -0.15) is 0 Å². The number of nitrogens with zero attached hydrogens (tertiary/aromatic N) is 2. The Hall–Kier alpha value is -1.88. The van der Waals surface area contributed by atoms with Crippen molar-refractivity contribution in [2.45, 2.75) is 13.0 Å². The Balaban J connectivity index is 1.86. The van der Waals surface area contributed by atoms with Crippen LogP contribution in [0.5, 0.6) is 0 Å². The molecule has 0 unspecified atom stereocenters. The minimum Gasteiger partial charge on any atom is -0.375 e. The van der Waals surface area contributed by atoms with E-state index >= 15 is 0 Å². The van der Waals surface area contributed by atoms with Crippen molar-refractivity contribution in [2.24, 2.45) is 0 Å². The van der Waals surface area contributed by atoms with E-state index in [-0.39, 0.29) is 12.0 Å². The average molecular weight is 245 g/mol. The largest absolute Gasteiger partial charge is 0.375 e. The van der Waals surface area contributed by atoms with E-state index in [0.29, 0.717) is 25.3 Å². The summed E-state index contributed by atoms with van der Waals surface area (Å²) in [6, 6.07) is 3.79. The van der Waals surface area contributed by atoms with Crippen LogP contribution in [-0.4, -0.2) is 46.6 Å². The van der Waals surface area contributed by atoms with Crippen molar-refractivity contribution in [3.63, 3.8) is 0 Å². The molecule has 0 aliphatic carbocycles. The number of aromatic amines is 1. The van der Waals surface area contributed by atoms with Gasteiger partial charge in [0.15, 0.2) is 0 Å². The van der Waals surface area contributed by atoms with Crippen LogP contribution in [0, 0.1) is 0 Å². The molecule has 0 saturated carbocycles. The van der Waals surface area contributed by atoms with Crippen LogP contribution in [0.25, 0.3) is 11.0 Å². The summed E-state index contributed by atoms with van der Waals surface area (Å²) >= 11 is 0. The first-order valence-corrected chi connectivity index (χ1v) is 6.08. The van der Waals surface area contributed by atoms with Gasteiger partial charge in [-0.15, -0.1) is 0 Å². The van der Waals surface area contributed by atoms with E-state index in [1.54, 1.807) is 6.20 Å². The summed E-state index contributed by atoms with van der Waals surface area (Å²) in [5.74, 6) is 0.0285. The number of fused-ring (bicyclic) bond motifs is 1. The summed E-state index contributed by atoms with van der Waals surface area (Å²) in [5.41, 5.74) is 1.44. The molecular weight excluding hydrogens is 230 g/mol. The molecule has 1 aliphatic rings. The van der Waals surface area contributed by atoms with Crippen molar-refractivity contribution in [2.75, 3.05) is 19.7 Å². The van der Waals surface area contributed by atoms with Crippen LogP contribution in [0.1, 0.15) is 17.3 Å². The molecule has 18 heavy (non-hydrogen) atoms. The number of carbonyl (C=O) groups excluding carboxylic acids is 1. The fourth-order valence-corrected chi connectivity index (χ4v) is 2.24. The molecule has 0 aromatic carbocycles. The zero-order chi connectivity index (χ0) is 12.5. The highest BCUT2D eigenvalue weighted by Crippen LogP contribution is 2.14. The molecule has 1 aliphatic heterocycles. The lowest BCUT2D eigenvalue weighted by molar-refractivity contribution is -0.0124. The number of ether oxygens (including phenoxy) is 1. The normalized spacial score (nSPS) is 20.3. The number of aromatic nitrogens is 2. The van der Waals surface area contributed by atoms with Gasteiger partial charge in [-0.1, -0.05) is 0 Å². The number of carbonyl (C=O) groups is 1. The molecule has 3 rings (SSSR count). The summed E-state index contributed by atoms with van der Waals surface area (Å²) in [5, 5.41) is 0.960. The molecule has 1 saturated heterocycles. The summed E-state index contributed by atoms with van der Waals surface area (Å²) < 4.78 is 5.44. The number of amides is 1. The van der Waals surface area contributed by atoms with Gasteiger partial charge in [0.05, 0.1) is 18.3 Å². The van der Waals surface area contributed by atoms with E-state index in [9.17, 15) is 4.79 Å². The molecule has 2 aromatic rings. The van der Waals surface area contributed by atoms with Gasteiger partial charge in [0, 0.05) is 30.9 Å². The third kappa shape index (κ3) is 1.97. The number of pyridine rings is 1. The number of hydrogen-bond acceptors (Lipinski definition) is 3. The predicted molar refractivity (Wildman–Crippen MR) is 67.4 cm³/mol. The molecule has 5 heteroatoms. The number of H-pyrrole nitrogens is 1. The van der Waals surface area contributed by atoms with Gasteiger partial charge in [-0.05, 0) is 19.1 Å². The summed E-state index contributed by atoms with van der Waals surface area (Å²) in [4.78, 5) is 21.4. The maximum absolute atomic E-state index is 12.3. The van der Waals surface area contributed by atoms with E-state index in [2.05, 4.69) is 9.97 Å². The van der Waals surface area contributed by atoms with Crippen LogP contribution in [0.4, 0.5) is 0 Å². The number of morpholine rings is 1. The summed E-state index contributed by atoms with van der Waals surface area (Å²) in [6.45, 7) is 3.87. The lowest BCUT2D eigenvalue weighted by Gasteiger charge is -2.31. The summed E-state index contributed by atoms with van der Waals surface area (Å²) in [6.07, 6.45) is 3.55. The minimum atomic E-state index is 0.0285. The van der Waals surface area contributed by atoms with Crippen LogP contribution >= 0.6 is 0 Å². The number of nitrogens with one attached hydrogen (secondary N) is 1. The second-order valence-electron chi connectivity index (χ2n) is 4.57. The van der Waals surface area contributed by atoms with Crippen molar-refractivity contribution in [3.8, 4) is 0 Å². The molecule has 5 nitrogen and oxygen atoms in total. The standard InChI is InChI=1S/C13H15N3O2/c1-9-8-16(4-5-18-9)13(17)11-6-10-2-3-14-12(10)15-7-11/h2-3,6-7,9H,4-5,8H2,1H3,(H,14,15)/t9-/m1/s1. The van der Waals surface area contributed by atoms with Crippen molar-refractivity contribution in [1.29, 1.82) is 0 Å². The fourth-order valence-electron chi connectivity index (χ4n) is 2.24. The molecule has 1 fully saturated rings. The maximum atomic E-state index is 12.3. The van der Waals surface area contributed by atoms with Crippen LogP contribution in [0.15, 0.2) is 24.5 Å². The van der Waals surface area contributed by atoms with Crippen molar-refractivity contribution >= 4 is 16.9 Å². The van der Waals surface area contributed by atoms with Crippen LogP contribution < -0.4 is 0 Å². The first-order chi connectivity index (χ1) is 8.74. The second-order valence-corrected chi connectivity index (χ2v) is 4.57. The molecule has 1 amide bonds. The quantitative estimate of drug-likeness (QED) is 0.826. The van der Waals surface area contributed by atoms with Gasteiger partial charge in [0.2, 0.25) is 0 Å². The Labute approximate surface area is 105 Å². The highest BCUT2D eigenvalue weighted by molar-refractivity contribution is 5.97. The minimum absolute atomic E-state index is 0.0285. The third-order valence-electron chi connectivity index (χ3n) is 3.18. The molecular formula is C13H15N3O2. The van der Waals surface area contributed by atoms with Gasteiger partial charge in [0.25, 0.3) is 5.91 Å². The van der Waals surface area contributed by atoms with Crippen molar-refractivity contribution in [1.82, 2.24) is 14.9 Å². The van der Waals surface area contributed by atoms with Gasteiger partial charge < -0.3 is 14.6 Å². The van der Waals surface area contributed by atoms with E-state index in [1.807, 2.05) is 30.2 Å². The highest BCUT2D eigenvalue weighted by atomic mass is 16.5. The SMILES string of the molecule is C[C@@H]1CN(C(=O)c2cnc3[nH]ccc3c2)CCO1. The monoisotopic (exact) mass is 245 g/mol. The Kier molecular flexibility index (Phi) is 2.76. The topological polar surface area (TPSA) is 58.2 Å². The van der Waals surface area contributed by atoms with Gasteiger partial charge in [-0.25, -0.2) is 4.98 Å². The van der Waals surface area contributed by atoms with Crippen molar-refractivity contribution in [3.05, 3.63) is 30.1 Å². The predicted octanol–water partition coefficient (Wildman–Crippen LogP) is 1.42. The average Bonchev–Trinajstić information content (AvgIpc) is 2.85. The Morgan fingerprint density at radius 1 is 1.61 bits per heavy atom. The first-order valence-electron chi connectivity index (χ1n) is 6.08. The lowest BCUT2D eigenvalue weighted by Crippen LogP contribution is -2.44. The second kappa shape index (κ2) is 4.42. The van der Waals surface area contributed by atoms with Gasteiger partial charge in [0.1, 0.15) is 5.65 Å². The molecule has 0 spiro atoms. The smallest absolute Gasteiger partial charge is 0.255 e. The number of hydrogen-bond donors (Lipinski definition) is 1. The molecule has 94 valence electrons. The first kappa shape index (κ1) is 11.2. The lowest BCUT2D eigenvalue weighted by atomic mass is 10.2. The van der Waals surface area contributed by atoms with Crippen molar-refractivity contribution < 1.29 is 9.53 Å². The van der Waals surface area contributed by atoms with E-state index in [0.717, 1.165) is 11.0 Å².